The van der Waals surface area contributed by atoms with Crippen LogP contribution in [0.5, 0.6) is 5.75 Å². The maximum absolute atomic E-state index is 12.7. The van der Waals surface area contributed by atoms with Gasteiger partial charge in [-0.25, -0.2) is 0 Å². The summed E-state index contributed by atoms with van der Waals surface area (Å²) in [6, 6.07) is 10.5. The van der Waals surface area contributed by atoms with Crippen LogP contribution in [0.4, 0.5) is 13.2 Å². The number of hydrogen-bond donors (Lipinski definition) is 1. The third kappa shape index (κ3) is 4.36. The second-order valence-electron chi connectivity index (χ2n) is 6.49. The monoisotopic (exact) mass is 363 g/mol. The number of carbonyl (C=O) groups is 1. The van der Waals surface area contributed by atoms with E-state index in [4.69, 9.17) is 4.74 Å². The summed E-state index contributed by atoms with van der Waals surface area (Å²) in [4.78, 5) is 12.1. The third-order valence-corrected chi connectivity index (χ3v) is 4.53. The van der Waals surface area contributed by atoms with E-state index in [1.165, 1.54) is 23.3 Å². The van der Waals surface area contributed by atoms with Crippen molar-refractivity contribution in [1.29, 1.82) is 0 Å². The van der Waals surface area contributed by atoms with E-state index in [9.17, 15) is 18.0 Å². The van der Waals surface area contributed by atoms with Gasteiger partial charge >= 0.3 is 6.18 Å². The van der Waals surface area contributed by atoms with Crippen LogP contribution in [0.15, 0.2) is 42.5 Å². The van der Waals surface area contributed by atoms with E-state index in [2.05, 4.69) is 17.4 Å². The van der Waals surface area contributed by atoms with Crippen molar-refractivity contribution < 1.29 is 22.7 Å². The first-order chi connectivity index (χ1) is 12.3. The van der Waals surface area contributed by atoms with Gasteiger partial charge in [0.1, 0.15) is 5.75 Å². The van der Waals surface area contributed by atoms with Crippen molar-refractivity contribution in [3.8, 4) is 5.75 Å². The van der Waals surface area contributed by atoms with E-state index in [-0.39, 0.29) is 24.3 Å². The summed E-state index contributed by atoms with van der Waals surface area (Å²) >= 11 is 0. The number of fused-ring (bicyclic) bond motifs is 1. The zero-order chi connectivity index (χ0) is 18.7. The van der Waals surface area contributed by atoms with E-state index in [1.807, 2.05) is 13.0 Å². The number of benzene rings is 2. The van der Waals surface area contributed by atoms with Crippen molar-refractivity contribution in [2.75, 3.05) is 6.61 Å². The first-order valence-corrected chi connectivity index (χ1v) is 8.54. The van der Waals surface area contributed by atoms with E-state index < -0.39 is 11.7 Å². The summed E-state index contributed by atoms with van der Waals surface area (Å²) in [7, 11) is 0. The maximum Gasteiger partial charge on any atom is 0.416 e. The molecule has 1 aliphatic carbocycles. The number of ether oxygens (including phenoxy) is 1. The molecular formula is C20H20F3NO2. The molecule has 3 rings (SSSR count). The second-order valence-corrected chi connectivity index (χ2v) is 6.49. The Morgan fingerprint density at radius 1 is 1.15 bits per heavy atom. The van der Waals surface area contributed by atoms with Crippen LogP contribution in [0.3, 0.4) is 0 Å². The largest absolute Gasteiger partial charge is 0.484 e. The Labute approximate surface area is 150 Å². The average Bonchev–Trinajstić information content (AvgIpc) is 3.07. The number of halogens is 3. The molecule has 0 saturated carbocycles. The molecule has 2 aromatic carbocycles. The number of carbonyl (C=O) groups excluding carboxylic acids is 1. The summed E-state index contributed by atoms with van der Waals surface area (Å²) in [6.07, 6.45) is -1.13. The normalized spacial score (nSPS) is 14.6. The van der Waals surface area contributed by atoms with Gasteiger partial charge in [-0.05, 0) is 61.1 Å². The first kappa shape index (κ1) is 18.3. The number of rotatable bonds is 5. The average molecular weight is 363 g/mol. The molecule has 138 valence electrons. The number of alkyl halides is 3. The predicted molar refractivity (Wildman–Crippen MR) is 92.0 cm³/mol. The van der Waals surface area contributed by atoms with Gasteiger partial charge in [-0.2, -0.15) is 13.2 Å². The molecule has 1 atom stereocenters. The van der Waals surface area contributed by atoms with Gasteiger partial charge in [0, 0.05) is 0 Å². The first-order valence-electron chi connectivity index (χ1n) is 8.54. The topological polar surface area (TPSA) is 38.3 Å². The standard InChI is InChI=1S/C20H20F3NO2/c1-13(15-9-8-14-4-2-5-16(14)10-15)24-19(25)12-26-18-7-3-6-17(11-18)20(21,22)23/h3,6-11,13H,2,4-5,12H2,1H3,(H,24,25)/t13-/m1/s1. The van der Waals surface area contributed by atoms with E-state index in [1.54, 1.807) is 0 Å². The second kappa shape index (κ2) is 7.40. The van der Waals surface area contributed by atoms with E-state index >= 15 is 0 Å². The van der Waals surface area contributed by atoms with Gasteiger partial charge in [0.2, 0.25) is 0 Å². The molecule has 26 heavy (non-hydrogen) atoms. The van der Waals surface area contributed by atoms with Crippen LogP contribution in [0.1, 0.15) is 41.6 Å². The predicted octanol–water partition coefficient (Wildman–Crippen LogP) is 4.45. The summed E-state index contributed by atoms with van der Waals surface area (Å²) in [5.41, 5.74) is 2.89. The molecule has 0 fully saturated rings. The fourth-order valence-corrected chi connectivity index (χ4v) is 3.14. The summed E-state index contributed by atoms with van der Waals surface area (Å²) in [5, 5.41) is 2.82. The zero-order valence-corrected chi connectivity index (χ0v) is 14.4. The summed E-state index contributed by atoms with van der Waals surface area (Å²) < 4.78 is 43.3. The van der Waals surface area contributed by atoms with Crippen molar-refractivity contribution in [2.24, 2.45) is 0 Å². The SMILES string of the molecule is C[C@@H](NC(=O)COc1cccc(C(F)(F)F)c1)c1ccc2c(c1)CCC2. The van der Waals surface area contributed by atoms with Crippen molar-refractivity contribution in [3.05, 3.63) is 64.7 Å². The molecule has 0 saturated heterocycles. The number of aryl methyl sites for hydroxylation is 2. The quantitative estimate of drug-likeness (QED) is 0.852. The highest BCUT2D eigenvalue weighted by Gasteiger charge is 2.30. The minimum atomic E-state index is -4.44. The van der Waals surface area contributed by atoms with Crippen LogP contribution >= 0.6 is 0 Å². The van der Waals surface area contributed by atoms with Gasteiger partial charge in [-0.3, -0.25) is 4.79 Å². The summed E-state index contributed by atoms with van der Waals surface area (Å²) in [5.74, 6) is -0.365. The van der Waals surface area contributed by atoms with Crippen molar-refractivity contribution in [3.63, 3.8) is 0 Å². The number of amides is 1. The Morgan fingerprint density at radius 3 is 2.69 bits per heavy atom. The molecule has 1 amide bonds. The number of hydrogen-bond acceptors (Lipinski definition) is 2. The lowest BCUT2D eigenvalue weighted by molar-refractivity contribution is -0.137. The smallest absolute Gasteiger partial charge is 0.416 e. The molecule has 6 heteroatoms. The Bertz CT molecular complexity index is 802. The van der Waals surface area contributed by atoms with Crippen LogP contribution in [-0.4, -0.2) is 12.5 Å². The van der Waals surface area contributed by atoms with Crippen molar-refractivity contribution in [1.82, 2.24) is 5.32 Å². The Morgan fingerprint density at radius 2 is 1.92 bits per heavy atom. The Hall–Kier alpha value is -2.50. The minimum absolute atomic E-state index is 0.0140. The molecule has 2 aromatic rings. The molecule has 0 radical (unpaired) electrons. The molecular weight excluding hydrogens is 343 g/mol. The molecule has 0 bridgehead atoms. The van der Waals surface area contributed by atoms with E-state index in [0.29, 0.717) is 0 Å². The van der Waals surface area contributed by atoms with Gasteiger partial charge < -0.3 is 10.1 Å². The molecule has 1 aliphatic rings. The lowest BCUT2D eigenvalue weighted by atomic mass is 10.0. The van der Waals surface area contributed by atoms with Gasteiger partial charge in [0.05, 0.1) is 11.6 Å². The summed E-state index contributed by atoms with van der Waals surface area (Å²) in [6.45, 7) is 1.54. The fraction of sp³-hybridized carbons (Fsp3) is 0.350. The third-order valence-electron chi connectivity index (χ3n) is 4.53. The molecule has 0 unspecified atom stereocenters. The van der Waals surface area contributed by atoms with Crippen LogP contribution < -0.4 is 10.1 Å². The van der Waals surface area contributed by atoms with Crippen LogP contribution in [-0.2, 0) is 23.8 Å². The Balaban J connectivity index is 1.56. The minimum Gasteiger partial charge on any atom is -0.484 e. The Kier molecular flexibility index (Phi) is 5.20. The van der Waals surface area contributed by atoms with Gasteiger partial charge in [-0.1, -0.05) is 24.3 Å². The molecule has 0 aliphatic heterocycles. The van der Waals surface area contributed by atoms with Crippen molar-refractivity contribution >= 4 is 5.91 Å². The maximum atomic E-state index is 12.7. The fourth-order valence-electron chi connectivity index (χ4n) is 3.14. The van der Waals surface area contributed by atoms with E-state index in [0.717, 1.165) is 37.0 Å². The molecule has 0 spiro atoms. The zero-order valence-electron chi connectivity index (χ0n) is 14.4. The van der Waals surface area contributed by atoms with Crippen LogP contribution in [0.2, 0.25) is 0 Å². The van der Waals surface area contributed by atoms with Crippen LogP contribution in [0, 0.1) is 0 Å². The van der Waals surface area contributed by atoms with Gasteiger partial charge in [0.25, 0.3) is 5.91 Å². The number of nitrogens with one attached hydrogen (secondary N) is 1. The van der Waals surface area contributed by atoms with Crippen molar-refractivity contribution in [2.45, 2.75) is 38.4 Å². The lowest BCUT2D eigenvalue weighted by Gasteiger charge is -2.16. The highest BCUT2D eigenvalue weighted by atomic mass is 19.4. The van der Waals surface area contributed by atoms with Gasteiger partial charge in [0.15, 0.2) is 6.61 Å². The molecule has 0 aromatic heterocycles. The highest BCUT2D eigenvalue weighted by Crippen LogP contribution is 2.31. The highest BCUT2D eigenvalue weighted by molar-refractivity contribution is 5.78. The molecule has 1 N–H and O–H groups in total. The van der Waals surface area contributed by atoms with Gasteiger partial charge in [-0.15, -0.1) is 0 Å². The lowest BCUT2D eigenvalue weighted by Crippen LogP contribution is -2.31. The molecule has 3 nitrogen and oxygen atoms in total. The van der Waals surface area contributed by atoms with Crippen LogP contribution in [0.25, 0.3) is 0 Å². The molecule has 0 heterocycles.